The van der Waals surface area contributed by atoms with Crippen molar-refractivity contribution in [2.75, 3.05) is 0 Å². The minimum absolute atomic E-state index is 0.110. The number of benzene rings is 1. The topological polar surface area (TPSA) is 52.3 Å². The van der Waals surface area contributed by atoms with Gasteiger partial charge < -0.3 is 10.5 Å². The van der Waals surface area contributed by atoms with Crippen LogP contribution in [0.2, 0.25) is 0 Å². The van der Waals surface area contributed by atoms with Crippen LogP contribution in [0.1, 0.15) is 37.8 Å². The summed E-state index contributed by atoms with van der Waals surface area (Å²) in [5.41, 5.74) is 7.19. The third kappa shape index (κ3) is 3.07. The maximum Gasteiger partial charge on any atom is 0.308 e. The summed E-state index contributed by atoms with van der Waals surface area (Å²) in [4.78, 5) is 10.7. The largest absolute Gasteiger partial charge is 0.427 e. The molecule has 0 amide bonds. The van der Waals surface area contributed by atoms with Crippen LogP contribution in [0.3, 0.4) is 0 Å². The van der Waals surface area contributed by atoms with Crippen molar-refractivity contribution in [2.45, 2.75) is 32.2 Å². The maximum atomic E-state index is 10.7. The van der Waals surface area contributed by atoms with E-state index in [0.717, 1.165) is 17.9 Å². The van der Waals surface area contributed by atoms with Crippen LogP contribution in [0, 0.1) is 5.92 Å². The van der Waals surface area contributed by atoms with E-state index in [9.17, 15) is 4.79 Å². The molecule has 1 aliphatic carbocycles. The fourth-order valence-electron chi connectivity index (χ4n) is 1.80. The van der Waals surface area contributed by atoms with E-state index in [1.54, 1.807) is 12.1 Å². The molecule has 86 valence electrons. The standard InChI is InChI=1S/C13H17NO2/c1-9(15)16-12-6-4-11(5-7-12)13(14)8-10-2-3-10/h4-7,10,13H,2-3,8,14H2,1H3/t13-/m0/s1. The highest BCUT2D eigenvalue weighted by Gasteiger charge is 2.24. The lowest BCUT2D eigenvalue weighted by molar-refractivity contribution is -0.131. The van der Waals surface area contributed by atoms with Gasteiger partial charge in [-0.2, -0.15) is 0 Å². The van der Waals surface area contributed by atoms with E-state index < -0.39 is 0 Å². The van der Waals surface area contributed by atoms with Crippen molar-refractivity contribution in [2.24, 2.45) is 11.7 Å². The zero-order chi connectivity index (χ0) is 11.5. The Hall–Kier alpha value is -1.35. The molecule has 3 nitrogen and oxygen atoms in total. The van der Waals surface area contributed by atoms with Gasteiger partial charge in [-0.05, 0) is 30.0 Å². The molecule has 0 radical (unpaired) electrons. The molecule has 16 heavy (non-hydrogen) atoms. The first-order valence-electron chi connectivity index (χ1n) is 5.69. The lowest BCUT2D eigenvalue weighted by Gasteiger charge is -2.11. The Morgan fingerprint density at radius 2 is 2.06 bits per heavy atom. The van der Waals surface area contributed by atoms with E-state index in [0.29, 0.717) is 5.75 Å². The summed E-state index contributed by atoms with van der Waals surface area (Å²) in [5, 5.41) is 0. The minimum Gasteiger partial charge on any atom is -0.427 e. The zero-order valence-electron chi connectivity index (χ0n) is 9.48. The molecule has 0 aromatic heterocycles. The molecule has 0 aliphatic heterocycles. The second kappa shape index (κ2) is 4.66. The van der Waals surface area contributed by atoms with Crippen LogP contribution < -0.4 is 10.5 Å². The number of ether oxygens (including phenoxy) is 1. The molecule has 0 spiro atoms. The summed E-state index contributed by atoms with van der Waals surface area (Å²) < 4.78 is 4.96. The van der Waals surface area contributed by atoms with Crippen molar-refractivity contribution in [3.05, 3.63) is 29.8 Å². The molecule has 2 rings (SSSR count). The number of hydrogen-bond acceptors (Lipinski definition) is 3. The van der Waals surface area contributed by atoms with Crippen molar-refractivity contribution in [1.82, 2.24) is 0 Å². The van der Waals surface area contributed by atoms with Gasteiger partial charge in [-0.15, -0.1) is 0 Å². The van der Waals surface area contributed by atoms with Crippen LogP contribution in [-0.4, -0.2) is 5.97 Å². The number of carbonyl (C=O) groups excluding carboxylic acids is 1. The van der Waals surface area contributed by atoms with E-state index in [4.69, 9.17) is 10.5 Å². The van der Waals surface area contributed by atoms with Gasteiger partial charge in [-0.25, -0.2) is 0 Å². The van der Waals surface area contributed by atoms with Gasteiger partial charge in [0.25, 0.3) is 0 Å². The molecule has 1 saturated carbocycles. The van der Waals surface area contributed by atoms with Crippen molar-refractivity contribution in [3.8, 4) is 5.75 Å². The molecule has 0 unspecified atom stereocenters. The molecule has 0 bridgehead atoms. The van der Waals surface area contributed by atoms with Gasteiger partial charge in [0.2, 0.25) is 0 Å². The molecule has 3 heteroatoms. The number of carbonyl (C=O) groups is 1. The Balaban J connectivity index is 1.97. The van der Waals surface area contributed by atoms with Crippen molar-refractivity contribution >= 4 is 5.97 Å². The second-order valence-corrected chi connectivity index (χ2v) is 4.45. The summed E-state index contributed by atoms with van der Waals surface area (Å²) in [7, 11) is 0. The van der Waals surface area contributed by atoms with E-state index in [1.807, 2.05) is 12.1 Å². The van der Waals surface area contributed by atoms with Crippen LogP contribution in [0.25, 0.3) is 0 Å². The van der Waals surface area contributed by atoms with Crippen molar-refractivity contribution in [3.63, 3.8) is 0 Å². The fourth-order valence-corrected chi connectivity index (χ4v) is 1.80. The Bertz CT molecular complexity index is 368. The zero-order valence-corrected chi connectivity index (χ0v) is 9.48. The molecule has 1 aliphatic rings. The first-order valence-corrected chi connectivity index (χ1v) is 5.69. The highest BCUT2D eigenvalue weighted by molar-refractivity contribution is 5.69. The quantitative estimate of drug-likeness (QED) is 0.625. The Kier molecular flexibility index (Phi) is 3.25. The van der Waals surface area contributed by atoms with Gasteiger partial charge in [0, 0.05) is 13.0 Å². The fraction of sp³-hybridized carbons (Fsp3) is 0.462. The van der Waals surface area contributed by atoms with Gasteiger partial charge in [-0.1, -0.05) is 25.0 Å². The summed E-state index contributed by atoms with van der Waals surface area (Å²) in [6.45, 7) is 1.40. The third-order valence-corrected chi connectivity index (χ3v) is 2.85. The van der Waals surface area contributed by atoms with Crippen molar-refractivity contribution in [1.29, 1.82) is 0 Å². The van der Waals surface area contributed by atoms with E-state index in [2.05, 4.69) is 0 Å². The summed E-state index contributed by atoms with van der Waals surface area (Å²) in [6.07, 6.45) is 3.70. The van der Waals surface area contributed by atoms with E-state index >= 15 is 0 Å². The third-order valence-electron chi connectivity index (χ3n) is 2.85. The number of hydrogen-bond donors (Lipinski definition) is 1. The molecule has 0 heterocycles. The molecular formula is C13H17NO2. The van der Waals surface area contributed by atoms with E-state index in [-0.39, 0.29) is 12.0 Å². The molecule has 1 aromatic carbocycles. The average molecular weight is 219 g/mol. The lowest BCUT2D eigenvalue weighted by Crippen LogP contribution is -2.11. The number of esters is 1. The van der Waals surface area contributed by atoms with Gasteiger partial charge in [0.15, 0.2) is 0 Å². The van der Waals surface area contributed by atoms with Gasteiger partial charge in [0.05, 0.1) is 0 Å². The Morgan fingerprint density at radius 3 is 2.56 bits per heavy atom. The van der Waals surface area contributed by atoms with Crippen LogP contribution in [0.5, 0.6) is 5.75 Å². The maximum absolute atomic E-state index is 10.7. The first kappa shape index (κ1) is 11.1. The second-order valence-electron chi connectivity index (χ2n) is 4.45. The minimum atomic E-state index is -0.296. The molecular weight excluding hydrogens is 202 g/mol. The van der Waals surface area contributed by atoms with E-state index in [1.165, 1.54) is 19.8 Å². The smallest absolute Gasteiger partial charge is 0.308 e. The summed E-state index contributed by atoms with van der Waals surface area (Å²) in [6, 6.07) is 7.57. The summed E-state index contributed by atoms with van der Waals surface area (Å²) in [5.74, 6) is 1.10. The van der Waals surface area contributed by atoms with Crippen LogP contribution >= 0.6 is 0 Å². The monoisotopic (exact) mass is 219 g/mol. The van der Waals surface area contributed by atoms with Gasteiger partial charge in [-0.3, -0.25) is 4.79 Å². The molecule has 1 aromatic rings. The SMILES string of the molecule is CC(=O)Oc1ccc([C@@H](N)CC2CC2)cc1. The van der Waals surface area contributed by atoms with Gasteiger partial charge >= 0.3 is 5.97 Å². The summed E-state index contributed by atoms with van der Waals surface area (Å²) >= 11 is 0. The molecule has 1 fully saturated rings. The predicted molar refractivity (Wildman–Crippen MR) is 62.0 cm³/mol. The highest BCUT2D eigenvalue weighted by Crippen LogP contribution is 2.36. The Labute approximate surface area is 95.6 Å². The molecule has 0 saturated heterocycles. The van der Waals surface area contributed by atoms with Gasteiger partial charge in [0.1, 0.15) is 5.75 Å². The van der Waals surface area contributed by atoms with Crippen molar-refractivity contribution < 1.29 is 9.53 Å². The highest BCUT2D eigenvalue weighted by atomic mass is 16.5. The molecule has 1 atom stereocenters. The normalized spacial score (nSPS) is 16.9. The van der Waals surface area contributed by atoms with Crippen LogP contribution in [-0.2, 0) is 4.79 Å². The Morgan fingerprint density at radius 1 is 1.44 bits per heavy atom. The predicted octanol–water partition coefficient (Wildman–Crippen LogP) is 2.41. The average Bonchev–Trinajstić information content (AvgIpc) is 3.01. The number of nitrogens with two attached hydrogens (primary N) is 1. The lowest BCUT2D eigenvalue weighted by atomic mass is 10.0. The number of rotatable bonds is 4. The molecule has 2 N–H and O–H groups in total. The van der Waals surface area contributed by atoms with Crippen LogP contribution in [0.15, 0.2) is 24.3 Å². The first-order chi connectivity index (χ1) is 7.65. The van der Waals surface area contributed by atoms with Crippen LogP contribution in [0.4, 0.5) is 0 Å².